The van der Waals surface area contributed by atoms with Gasteiger partial charge in [0, 0.05) is 9.72 Å². The van der Waals surface area contributed by atoms with Gasteiger partial charge in [0.15, 0.2) is 5.17 Å². The van der Waals surface area contributed by atoms with Crippen molar-refractivity contribution in [2.24, 2.45) is 4.99 Å². The molecule has 0 fully saturated rings. The highest BCUT2D eigenvalue weighted by molar-refractivity contribution is 9.10. The average molecular weight is 296 g/mol. The van der Waals surface area contributed by atoms with Crippen LogP contribution in [0.4, 0.5) is 5.69 Å². The summed E-state index contributed by atoms with van der Waals surface area (Å²) >= 11 is 5.16. The van der Waals surface area contributed by atoms with Crippen molar-refractivity contribution in [3.8, 4) is 6.07 Å². The van der Waals surface area contributed by atoms with E-state index in [-0.39, 0.29) is 0 Å². The van der Waals surface area contributed by atoms with Gasteiger partial charge in [0.25, 0.3) is 0 Å². The number of nitrogens with zero attached hydrogens (tertiary/aromatic N) is 2. The summed E-state index contributed by atoms with van der Waals surface area (Å²) < 4.78 is 0.884. The van der Waals surface area contributed by atoms with Crippen LogP contribution in [0, 0.1) is 11.3 Å². The fraction of sp³-hybridized carbons (Fsp3) is 0.273. The van der Waals surface area contributed by atoms with Gasteiger partial charge in [-0.15, -0.1) is 0 Å². The SMILES string of the molecule is CC1CN=C(Nc2ccc(C#N)cc2Br)S1. The molecule has 0 aliphatic carbocycles. The molecule has 82 valence electrons. The van der Waals surface area contributed by atoms with Crippen molar-refractivity contribution in [2.45, 2.75) is 12.2 Å². The van der Waals surface area contributed by atoms with E-state index in [4.69, 9.17) is 5.26 Å². The fourth-order valence-electron chi connectivity index (χ4n) is 1.35. The molecule has 1 aliphatic rings. The molecule has 16 heavy (non-hydrogen) atoms. The Morgan fingerprint density at radius 1 is 1.62 bits per heavy atom. The molecule has 1 unspecified atom stereocenters. The topological polar surface area (TPSA) is 48.2 Å². The van der Waals surface area contributed by atoms with Crippen LogP contribution in [0.2, 0.25) is 0 Å². The highest BCUT2D eigenvalue weighted by Gasteiger charge is 2.15. The number of anilines is 1. The van der Waals surface area contributed by atoms with Gasteiger partial charge in [0.1, 0.15) is 0 Å². The van der Waals surface area contributed by atoms with Gasteiger partial charge in [0.2, 0.25) is 0 Å². The van der Waals surface area contributed by atoms with Crippen LogP contribution in [0.1, 0.15) is 12.5 Å². The number of amidine groups is 1. The molecule has 1 heterocycles. The zero-order chi connectivity index (χ0) is 11.5. The molecule has 0 radical (unpaired) electrons. The highest BCUT2D eigenvalue weighted by Crippen LogP contribution is 2.27. The zero-order valence-electron chi connectivity index (χ0n) is 8.70. The Hall–Kier alpha value is -0.990. The van der Waals surface area contributed by atoms with E-state index in [1.54, 1.807) is 23.9 Å². The number of hydrogen-bond acceptors (Lipinski definition) is 4. The van der Waals surface area contributed by atoms with Gasteiger partial charge in [-0.2, -0.15) is 5.26 Å². The third-order valence-corrected chi connectivity index (χ3v) is 3.81. The van der Waals surface area contributed by atoms with Gasteiger partial charge < -0.3 is 5.32 Å². The molecule has 2 rings (SSSR count). The Kier molecular flexibility index (Phi) is 3.52. The van der Waals surface area contributed by atoms with Gasteiger partial charge in [-0.05, 0) is 34.1 Å². The largest absolute Gasteiger partial charge is 0.334 e. The van der Waals surface area contributed by atoms with Crippen LogP contribution < -0.4 is 5.32 Å². The van der Waals surface area contributed by atoms with Gasteiger partial charge in [-0.25, -0.2) is 0 Å². The lowest BCUT2D eigenvalue weighted by Crippen LogP contribution is -2.06. The van der Waals surface area contributed by atoms with Gasteiger partial charge in [-0.1, -0.05) is 18.7 Å². The molecule has 0 saturated carbocycles. The lowest BCUT2D eigenvalue weighted by atomic mass is 10.2. The van der Waals surface area contributed by atoms with E-state index < -0.39 is 0 Å². The molecular weight excluding hydrogens is 286 g/mol. The number of hydrogen-bond donors (Lipinski definition) is 1. The molecule has 1 atom stereocenters. The van der Waals surface area contributed by atoms with Crippen LogP contribution in [0.15, 0.2) is 27.7 Å². The minimum Gasteiger partial charge on any atom is -0.334 e. The number of benzene rings is 1. The second kappa shape index (κ2) is 4.89. The van der Waals surface area contributed by atoms with Gasteiger partial charge in [-0.3, -0.25) is 4.99 Å². The molecule has 1 aromatic rings. The summed E-state index contributed by atoms with van der Waals surface area (Å²) in [6.45, 7) is 3.01. The molecule has 0 aromatic heterocycles. The van der Waals surface area contributed by atoms with E-state index in [0.717, 1.165) is 21.9 Å². The van der Waals surface area contributed by atoms with E-state index in [0.29, 0.717) is 10.8 Å². The zero-order valence-corrected chi connectivity index (χ0v) is 11.1. The highest BCUT2D eigenvalue weighted by atomic mass is 79.9. The number of thioether (sulfide) groups is 1. The molecule has 1 aromatic carbocycles. The normalized spacial score (nSPS) is 19.1. The second-order valence-corrected chi connectivity index (χ2v) is 5.79. The van der Waals surface area contributed by atoms with Crippen LogP contribution in [-0.4, -0.2) is 17.0 Å². The molecule has 1 aliphatic heterocycles. The summed E-state index contributed by atoms with van der Waals surface area (Å²) in [7, 11) is 0. The third-order valence-electron chi connectivity index (χ3n) is 2.14. The van der Waals surface area contributed by atoms with E-state index >= 15 is 0 Å². The smallest absolute Gasteiger partial charge is 0.161 e. The molecule has 3 nitrogen and oxygen atoms in total. The minimum absolute atomic E-state index is 0.541. The summed E-state index contributed by atoms with van der Waals surface area (Å²) in [6, 6.07) is 7.57. The monoisotopic (exact) mass is 295 g/mol. The Morgan fingerprint density at radius 3 is 3.00 bits per heavy atom. The second-order valence-electron chi connectivity index (χ2n) is 3.51. The predicted octanol–water partition coefficient (Wildman–Crippen LogP) is 3.22. The number of halogens is 1. The molecule has 1 N–H and O–H groups in total. The molecule has 0 bridgehead atoms. The van der Waals surface area contributed by atoms with Gasteiger partial charge in [0.05, 0.1) is 23.9 Å². The maximum atomic E-state index is 8.75. The van der Waals surface area contributed by atoms with E-state index in [1.807, 2.05) is 6.07 Å². The molecule has 5 heteroatoms. The van der Waals surface area contributed by atoms with E-state index in [1.165, 1.54) is 0 Å². The van der Waals surface area contributed by atoms with Crippen LogP contribution in [-0.2, 0) is 0 Å². The summed E-state index contributed by atoms with van der Waals surface area (Å²) in [6.07, 6.45) is 0. The quantitative estimate of drug-likeness (QED) is 0.865. The first-order chi connectivity index (χ1) is 7.69. The Balaban J connectivity index is 2.14. The standard InChI is InChI=1S/C11H10BrN3S/c1-7-6-14-11(16-7)15-10-3-2-8(5-13)4-9(10)12/h2-4,7H,6H2,1H3,(H,14,15). The van der Waals surface area contributed by atoms with Crippen LogP contribution >= 0.6 is 27.7 Å². The summed E-state index contributed by atoms with van der Waals surface area (Å²) in [5, 5.41) is 13.5. The van der Waals surface area contributed by atoms with E-state index in [2.05, 4.69) is 39.2 Å². The maximum absolute atomic E-state index is 8.75. The maximum Gasteiger partial charge on any atom is 0.161 e. The molecule has 0 spiro atoms. The van der Waals surface area contributed by atoms with Crippen LogP contribution in [0.3, 0.4) is 0 Å². The van der Waals surface area contributed by atoms with Crippen LogP contribution in [0.5, 0.6) is 0 Å². The fourth-order valence-corrected chi connectivity index (χ4v) is 2.67. The first-order valence-corrected chi connectivity index (χ1v) is 6.54. The third kappa shape index (κ3) is 2.57. The predicted molar refractivity (Wildman–Crippen MR) is 71.8 cm³/mol. The van der Waals surface area contributed by atoms with Crippen molar-refractivity contribution in [3.05, 3.63) is 28.2 Å². The Labute approximate surface area is 107 Å². The lowest BCUT2D eigenvalue weighted by Gasteiger charge is -2.08. The lowest BCUT2D eigenvalue weighted by molar-refractivity contribution is 0.976. The van der Waals surface area contributed by atoms with Gasteiger partial charge >= 0.3 is 0 Å². The van der Waals surface area contributed by atoms with Crippen molar-refractivity contribution >= 4 is 38.5 Å². The minimum atomic E-state index is 0.541. The Morgan fingerprint density at radius 2 is 2.44 bits per heavy atom. The van der Waals surface area contributed by atoms with E-state index in [9.17, 15) is 0 Å². The summed E-state index contributed by atoms with van der Waals surface area (Å²) in [5.41, 5.74) is 1.59. The first kappa shape index (κ1) is 11.5. The van der Waals surface area contributed by atoms with Crippen LogP contribution in [0.25, 0.3) is 0 Å². The number of aliphatic imine (C=N–C) groups is 1. The molecule has 0 amide bonds. The van der Waals surface area contributed by atoms with Crippen molar-refractivity contribution in [3.63, 3.8) is 0 Å². The van der Waals surface area contributed by atoms with Crippen molar-refractivity contribution in [1.29, 1.82) is 5.26 Å². The number of rotatable bonds is 1. The first-order valence-electron chi connectivity index (χ1n) is 4.87. The van der Waals surface area contributed by atoms with Crippen molar-refractivity contribution in [2.75, 3.05) is 11.9 Å². The Bertz CT molecular complexity index is 479. The van der Waals surface area contributed by atoms with Crippen molar-refractivity contribution in [1.82, 2.24) is 0 Å². The summed E-state index contributed by atoms with van der Waals surface area (Å²) in [5.74, 6) is 0. The van der Waals surface area contributed by atoms with Crippen molar-refractivity contribution < 1.29 is 0 Å². The number of nitrogens with one attached hydrogen (secondary N) is 1. The molecular formula is C11H10BrN3S. The average Bonchev–Trinajstić information content (AvgIpc) is 2.67. The molecule has 0 saturated heterocycles. The number of nitriles is 1. The summed E-state index contributed by atoms with van der Waals surface area (Å²) in [4.78, 5) is 4.38.